The van der Waals surface area contributed by atoms with Crippen molar-refractivity contribution in [3.05, 3.63) is 0 Å². The number of phosphoric acid groups is 1. The summed E-state index contributed by atoms with van der Waals surface area (Å²) in [6.07, 6.45) is 11.4. The Bertz CT molecular complexity index is 853. The maximum absolute atomic E-state index is 12.1. The number of hydrogen-bond acceptors (Lipinski definition) is 8. The largest absolute Gasteiger partial charge is 1.00 e. The third-order valence-electron chi connectivity index (χ3n) is 4.58. The average molecular weight is 585 g/mol. The van der Waals surface area contributed by atoms with Gasteiger partial charge in [0.1, 0.15) is 6.61 Å². The molecule has 8 nitrogen and oxygen atoms in total. The van der Waals surface area contributed by atoms with E-state index in [0.29, 0.717) is 6.42 Å². The van der Waals surface area contributed by atoms with Crippen LogP contribution in [-0.2, 0) is 28.2 Å². The molecule has 208 valence electrons. The van der Waals surface area contributed by atoms with Crippen LogP contribution in [0.3, 0.4) is 0 Å². The maximum atomic E-state index is 12.1. The van der Waals surface area contributed by atoms with Gasteiger partial charge in [0.2, 0.25) is 0 Å². The Morgan fingerprint density at radius 2 is 1.35 bits per heavy atom. The van der Waals surface area contributed by atoms with Crippen molar-refractivity contribution in [2.24, 2.45) is 0 Å². The maximum Gasteiger partial charge on any atom is 1.00 e. The van der Waals surface area contributed by atoms with Crippen molar-refractivity contribution in [3.8, 4) is 35.5 Å². The minimum absolute atomic E-state index is 0. The predicted octanol–water partition coefficient (Wildman–Crippen LogP) is -1.63. The topological polar surface area (TPSA) is 125 Å². The molecular weight excluding hydrogens is 537 g/mol. The van der Waals surface area contributed by atoms with Crippen molar-refractivity contribution >= 4 is 33.3 Å². The summed E-state index contributed by atoms with van der Waals surface area (Å²) in [6.45, 7) is 2.54. The molecule has 0 aliphatic heterocycles. The molecule has 0 rings (SSSR count). The minimum atomic E-state index is -5.28. The molecule has 0 aliphatic carbocycles. The summed E-state index contributed by atoms with van der Waals surface area (Å²) in [7, 11) is -5.28. The van der Waals surface area contributed by atoms with Gasteiger partial charge in [0, 0.05) is 19.5 Å². The second-order valence-electron chi connectivity index (χ2n) is 7.61. The molecule has 0 saturated carbocycles. The molecule has 0 radical (unpaired) electrons. The van der Waals surface area contributed by atoms with Crippen LogP contribution in [0, 0.1) is 35.5 Å². The first kappa shape index (κ1) is 44.1. The van der Waals surface area contributed by atoms with E-state index in [1.54, 1.807) is 6.92 Å². The van der Waals surface area contributed by atoms with Gasteiger partial charge in [-0.1, -0.05) is 77.1 Å². The number of rotatable bonds is 18. The molecule has 0 bridgehead atoms. The molecule has 0 spiro atoms. The first-order chi connectivity index (χ1) is 16.3. The number of hydrogen-bond donors (Lipinski definition) is 0. The molecule has 0 saturated heterocycles. The zero-order valence-corrected chi connectivity index (χ0v) is 28.6. The zero-order valence-electron chi connectivity index (χ0n) is 22.7. The summed E-state index contributed by atoms with van der Waals surface area (Å²) in [4.78, 5) is 45.1. The standard InChI is InChI=1S/C25H37O8P.2Na.H2S.5H2/c1-3-5-7-9-10-11-12-13-14-16-18-20-25(27)33-23(22-32-34(28,29)30)21-31-24(26)19-17-15-8-6-4-2;;;;;;;;/h23H,3,5,7,9-14,16,18,20-22H2,1-2H3,(H2,28,29,30);;;1H2;5*1H/q;2*+1;;;;;;/p-2/t23-;;;;;;;;/m0......../s1. The Balaban J connectivity index is -0.000000194. The van der Waals surface area contributed by atoms with Crippen molar-refractivity contribution < 1.29 is 104 Å². The van der Waals surface area contributed by atoms with Gasteiger partial charge in [0.25, 0.3) is 0 Å². The van der Waals surface area contributed by atoms with Crippen molar-refractivity contribution in [2.45, 2.75) is 97.0 Å². The Morgan fingerprint density at radius 3 is 1.86 bits per heavy atom. The first-order valence-corrected chi connectivity index (χ1v) is 13.2. The molecule has 0 heterocycles. The average Bonchev–Trinajstić information content (AvgIpc) is 2.78. The van der Waals surface area contributed by atoms with E-state index in [-0.39, 0.29) is 86.2 Å². The van der Waals surface area contributed by atoms with E-state index in [4.69, 9.17) is 9.47 Å². The van der Waals surface area contributed by atoms with Gasteiger partial charge in [-0.15, -0.1) is 0 Å². The molecule has 0 aromatic heterocycles. The van der Waals surface area contributed by atoms with Crippen LogP contribution in [0.25, 0.3) is 0 Å². The van der Waals surface area contributed by atoms with Gasteiger partial charge >= 0.3 is 71.1 Å². The third-order valence-corrected chi connectivity index (χ3v) is 5.04. The zero-order chi connectivity index (χ0) is 25.5. The molecule has 0 unspecified atom stereocenters. The minimum Gasteiger partial charge on any atom is -0.790 e. The molecular formula is C25H47Na2O8PS. The van der Waals surface area contributed by atoms with Crippen molar-refractivity contribution in [1.82, 2.24) is 0 Å². The number of ether oxygens (including phenoxy) is 2. The van der Waals surface area contributed by atoms with Crippen LogP contribution >= 0.6 is 21.3 Å². The number of esters is 2. The SMILES string of the molecule is CC#CC#CC#CC(=O)OC[C@@H](COP(=O)([O-])[O-])OC(=O)CCCCCCCCCCCCC.S.[HH].[HH].[HH].[HH].[HH].[Na+].[Na+]. The van der Waals surface area contributed by atoms with Gasteiger partial charge in [-0.3, -0.25) is 4.79 Å². The fourth-order valence-corrected chi connectivity index (χ4v) is 3.23. The Labute approximate surface area is 281 Å². The third kappa shape index (κ3) is 34.1. The monoisotopic (exact) mass is 584 g/mol. The number of carbonyl (C=O) groups is 2. The molecule has 0 aliphatic rings. The number of unbranched alkanes of at least 4 members (excludes halogenated alkanes) is 10. The number of phosphoric ester groups is 1. The van der Waals surface area contributed by atoms with Crippen LogP contribution in [-0.4, -0.2) is 31.3 Å². The fraction of sp³-hybridized carbons (Fsp3) is 0.680. The molecule has 0 aromatic carbocycles. The first-order valence-electron chi connectivity index (χ1n) is 11.7. The summed E-state index contributed by atoms with van der Waals surface area (Å²) in [5, 5.41) is 0. The smallest absolute Gasteiger partial charge is 0.790 e. The van der Waals surface area contributed by atoms with E-state index >= 15 is 0 Å². The number of carbonyl (C=O) groups excluding carboxylic acids is 2. The fourth-order valence-electron chi connectivity index (χ4n) is 2.88. The van der Waals surface area contributed by atoms with E-state index in [1.165, 1.54) is 44.9 Å². The molecule has 37 heavy (non-hydrogen) atoms. The van der Waals surface area contributed by atoms with Gasteiger partial charge in [0.15, 0.2) is 6.10 Å². The van der Waals surface area contributed by atoms with E-state index in [0.717, 1.165) is 19.3 Å². The summed E-state index contributed by atoms with van der Waals surface area (Å²) in [5.41, 5.74) is 0. The summed E-state index contributed by atoms with van der Waals surface area (Å²) >= 11 is 0. The molecule has 0 aromatic rings. The van der Waals surface area contributed by atoms with E-state index in [2.05, 4.69) is 47.0 Å². The van der Waals surface area contributed by atoms with E-state index < -0.39 is 39.1 Å². The molecule has 0 amide bonds. The summed E-state index contributed by atoms with van der Waals surface area (Å²) in [6, 6.07) is 0. The quantitative estimate of drug-likeness (QED) is 0.0470. The van der Waals surface area contributed by atoms with Gasteiger partial charge in [0.05, 0.1) is 14.4 Å². The van der Waals surface area contributed by atoms with Gasteiger partial charge in [-0.2, -0.15) is 13.5 Å². The van der Waals surface area contributed by atoms with Crippen LogP contribution < -0.4 is 68.9 Å². The Morgan fingerprint density at radius 1 is 0.838 bits per heavy atom. The van der Waals surface area contributed by atoms with Crippen molar-refractivity contribution in [3.63, 3.8) is 0 Å². The second-order valence-corrected chi connectivity index (χ2v) is 8.77. The summed E-state index contributed by atoms with van der Waals surface area (Å²) in [5.74, 6) is 12.4. The van der Waals surface area contributed by atoms with Crippen LogP contribution in [0.4, 0.5) is 0 Å². The normalized spacial score (nSPS) is 10.2. The molecule has 1 atom stereocenters. The van der Waals surface area contributed by atoms with Crippen LogP contribution in [0.1, 0.15) is 98.0 Å². The van der Waals surface area contributed by atoms with E-state index in [9.17, 15) is 23.9 Å². The second kappa shape index (κ2) is 30.6. The van der Waals surface area contributed by atoms with Crippen LogP contribution in [0.15, 0.2) is 0 Å². The van der Waals surface area contributed by atoms with E-state index in [1.807, 2.05) is 0 Å². The Kier molecular flexibility index (Phi) is 36.5. The molecule has 0 fully saturated rings. The van der Waals surface area contributed by atoms with Crippen LogP contribution in [0.5, 0.6) is 0 Å². The molecule has 0 N–H and O–H groups in total. The van der Waals surface area contributed by atoms with Crippen molar-refractivity contribution in [2.75, 3.05) is 13.2 Å². The predicted molar refractivity (Wildman–Crippen MR) is 145 cm³/mol. The van der Waals surface area contributed by atoms with Crippen LogP contribution in [0.2, 0.25) is 0 Å². The molecule has 12 heteroatoms. The van der Waals surface area contributed by atoms with Gasteiger partial charge < -0.3 is 28.3 Å². The van der Waals surface area contributed by atoms with Gasteiger partial charge in [-0.05, 0) is 37.0 Å². The van der Waals surface area contributed by atoms with Gasteiger partial charge in [-0.25, -0.2) is 4.79 Å². The van der Waals surface area contributed by atoms with Crippen molar-refractivity contribution in [1.29, 1.82) is 0 Å². The Hall–Kier alpha value is 0.0800. The summed E-state index contributed by atoms with van der Waals surface area (Å²) < 4.78 is 24.8.